The van der Waals surface area contributed by atoms with Gasteiger partial charge in [0.05, 0.1) is 29.6 Å². The van der Waals surface area contributed by atoms with Crippen molar-refractivity contribution in [2.45, 2.75) is 32.6 Å². The van der Waals surface area contributed by atoms with Gasteiger partial charge >= 0.3 is 0 Å². The number of morpholine rings is 1. The number of amides is 1. The lowest BCUT2D eigenvalue weighted by Gasteiger charge is -2.25. The topological polar surface area (TPSA) is 67.4 Å². The van der Waals surface area contributed by atoms with Crippen LogP contribution in [-0.2, 0) is 24.0 Å². The highest BCUT2D eigenvalue weighted by molar-refractivity contribution is 7.17. The molecule has 0 radical (unpaired) electrons. The fourth-order valence-electron chi connectivity index (χ4n) is 3.20. The molecule has 0 aromatic carbocycles. The van der Waals surface area contributed by atoms with Crippen molar-refractivity contribution in [1.82, 2.24) is 15.3 Å². The van der Waals surface area contributed by atoms with Gasteiger partial charge in [0.2, 0.25) is 0 Å². The molecule has 25 heavy (non-hydrogen) atoms. The molecule has 0 saturated carbocycles. The number of aromatic nitrogens is 2. The fourth-order valence-corrected chi connectivity index (χ4v) is 5.39. The highest BCUT2D eigenvalue weighted by Gasteiger charge is 2.21. The first-order chi connectivity index (χ1) is 12.2. The minimum Gasteiger partial charge on any atom is -0.378 e. The summed E-state index contributed by atoms with van der Waals surface area (Å²) in [5, 5.41) is 5.08. The van der Waals surface area contributed by atoms with Gasteiger partial charge in [0, 0.05) is 30.9 Å². The number of hydrogen-bond acceptors (Lipinski definition) is 7. The number of hydrogen-bond donors (Lipinski definition) is 1. The van der Waals surface area contributed by atoms with E-state index in [1.54, 1.807) is 11.3 Å². The Bertz CT molecular complexity index is 743. The molecule has 0 spiro atoms. The molecule has 0 bridgehead atoms. The number of ether oxygens (including phenoxy) is 1. The average molecular weight is 379 g/mol. The van der Waals surface area contributed by atoms with Gasteiger partial charge in [-0.3, -0.25) is 4.79 Å². The van der Waals surface area contributed by atoms with Crippen molar-refractivity contribution in [2.24, 2.45) is 0 Å². The SMILES string of the molecule is Cc1nc(N2CCOCC2)sc1C(=O)NCCc1nc2c(s1)CCC2. The van der Waals surface area contributed by atoms with Gasteiger partial charge in [-0.25, -0.2) is 9.97 Å². The Morgan fingerprint density at radius 2 is 2.08 bits per heavy atom. The van der Waals surface area contributed by atoms with Crippen LogP contribution in [0.4, 0.5) is 5.13 Å². The van der Waals surface area contributed by atoms with E-state index in [2.05, 4.69) is 20.2 Å². The smallest absolute Gasteiger partial charge is 0.263 e. The summed E-state index contributed by atoms with van der Waals surface area (Å²) in [6, 6.07) is 0. The Morgan fingerprint density at radius 1 is 1.24 bits per heavy atom. The van der Waals surface area contributed by atoms with E-state index in [0.717, 1.165) is 55.0 Å². The lowest BCUT2D eigenvalue weighted by atomic mass is 10.3. The van der Waals surface area contributed by atoms with E-state index < -0.39 is 0 Å². The maximum absolute atomic E-state index is 12.5. The molecule has 2 aliphatic rings. The third-order valence-electron chi connectivity index (χ3n) is 4.54. The predicted molar refractivity (Wildman–Crippen MR) is 100 cm³/mol. The number of carbonyl (C=O) groups is 1. The Hall–Kier alpha value is -1.51. The van der Waals surface area contributed by atoms with Gasteiger partial charge in [0.15, 0.2) is 5.13 Å². The number of fused-ring (bicyclic) bond motifs is 1. The zero-order valence-corrected chi connectivity index (χ0v) is 16.0. The van der Waals surface area contributed by atoms with E-state index in [4.69, 9.17) is 4.74 Å². The largest absolute Gasteiger partial charge is 0.378 e. The first-order valence-electron chi connectivity index (χ1n) is 8.76. The minimum atomic E-state index is -0.0291. The van der Waals surface area contributed by atoms with Crippen molar-refractivity contribution in [2.75, 3.05) is 37.7 Å². The quantitative estimate of drug-likeness (QED) is 0.864. The van der Waals surface area contributed by atoms with Crippen molar-refractivity contribution in [3.05, 3.63) is 26.1 Å². The Balaban J connectivity index is 1.33. The molecule has 2 aromatic heterocycles. The summed E-state index contributed by atoms with van der Waals surface area (Å²) in [4.78, 5) is 26.1. The van der Waals surface area contributed by atoms with Gasteiger partial charge in [-0.1, -0.05) is 11.3 Å². The van der Waals surface area contributed by atoms with Crippen LogP contribution in [0.1, 0.15) is 37.4 Å². The third-order valence-corrected chi connectivity index (χ3v) is 6.97. The first kappa shape index (κ1) is 16.9. The first-order valence-corrected chi connectivity index (χ1v) is 10.4. The van der Waals surface area contributed by atoms with Crippen molar-refractivity contribution in [3.63, 3.8) is 0 Å². The maximum atomic E-state index is 12.5. The van der Waals surface area contributed by atoms with Crippen LogP contribution >= 0.6 is 22.7 Å². The van der Waals surface area contributed by atoms with Crippen LogP contribution in [0.5, 0.6) is 0 Å². The molecular weight excluding hydrogens is 356 g/mol. The average Bonchev–Trinajstić information content (AvgIpc) is 3.30. The van der Waals surface area contributed by atoms with Crippen LogP contribution in [0.3, 0.4) is 0 Å². The number of anilines is 1. The molecule has 0 unspecified atom stereocenters. The van der Waals surface area contributed by atoms with E-state index in [0.29, 0.717) is 11.4 Å². The summed E-state index contributed by atoms with van der Waals surface area (Å²) in [6.07, 6.45) is 4.32. The molecule has 1 aliphatic heterocycles. The van der Waals surface area contributed by atoms with Crippen molar-refractivity contribution < 1.29 is 9.53 Å². The maximum Gasteiger partial charge on any atom is 0.263 e. The molecule has 1 saturated heterocycles. The zero-order chi connectivity index (χ0) is 17.2. The number of carbonyl (C=O) groups excluding carboxylic acids is 1. The highest BCUT2D eigenvalue weighted by atomic mass is 32.1. The second-order valence-electron chi connectivity index (χ2n) is 6.35. The molecule has 1 N–H and O–H groups in total. The van der Waals surface area contributed by atoms with Crippen LogP contribution in [0.25, 0.3) is 0 Å². The summed E-state index contributed by atoms with van der Waals surface area (Å²) in [5.41, 5.74) is 2.08. The second kappa shape index (κ2) is 7.39. The molecule has 6 nitrogen and oxygen atoms in total. The van der Waals surface area contributed by atoms with Gasteiger partial charge in [-0.15, -0.1) is 11.3 Å². The monoisotopic (exact) mass is 378 g/mol. The second-order valence-corrected chi connectivity index (χ2v) is 8.49. The summed E-state index contributed by atoms with van der Waals surface area (Å²) in [6.45, 7) is 5.64. The van der Waals surface area contributed by atoms with Crippen LogP contribution in [0.2, 0.25) is 0 Å². The summed E-state index contributed by atoms with van der Waals surface area (Å²) < 4.78 is 5.37. The van der Waals surface area contributed by atoms with E-state index in [-0.39, 0.29) is 5.91 Å². The summed E-state index contributed by atoms with van der Waals surface area (Å²) in [5.74, 6) is -0.0291. The molecule has 134 valence electrons. The van der Waals surface area contributed by atoms with E-state index in [1.165, 1.54) is 34.7 Å². The number of rotatable bonds is 5. The highest BCUT2D eigenvalue weighted by Crippen LogP contribution is 2.28. The number of aryl methyl sites for hydroxylation is 3. The van der Waals surface area contributed by atoms with Gasteiger partial charge in [0.25, 0.3) is 5.91 Å². The molecule has 1 amide bonds. The van der Waals surface area contributed by atoms with Gasteiger partial charge < -0.3 is 15.0 Å². The van der Waals surface area contributed by atoms with Gasteiger partial charge in [-0.2, -0.15) is 0 Å². The number of nitrogens with one attached hydrogen (secondary N) is 1. The van der Waals surface area contributed by atoms with Crippen molar-refractivity contribution >= 4 is 33.7 Å². The van der Waals surface area contributed by atoms with Crippen LogP contribution < -0.4 is 10.2 Å². The Kier molecular flexibility index (Phi) is 5.00. The van der Waals surface area contributed by atoms with Crippen LogP contribution in [0, 0.1) is 6.92 Å². The van der Waals surface area contributed by atoms with E-state index >= 15 is 0 Å². The van der Waals surface area contributed by atoms with Crippen LogP contribution in [0.15, 0.2) is 0 Å². The molecule has 3 heterocycles. The van der Waals surface area contributed by atoms with Crippen molar-refractivity contribution in [3.8, 4) is 0 Å². The minimum absolute atomic E-state index is 0.0291. The number of thiazole rings is 2. The number of nitrogens with zero attached hydrogens (tertiary/aromatic N) is 3. The molecule has 8 heteroatoms. The summed E-state index contributed by atoms with van der Waals surface area (Å²) in [7, 11) is 0. The lowest BCUT2D eigenvalue weighted by molar-refractivity contribution is 0.0957. The molecule has 1 aliphatic carbocycles. The molecule has 2 aromatic rings. The summed E-state index contributed by atoms with van der Waals surface area (Å²) >= 11 is 3.28. The molecule has 4 rings (SSSR count). The van der Waals surface area contributed by atoms with Gasteiger partial charge in [0.1, 0.15) is 4.88 Å². The third kappa shape index (κ3) is 3.70. The van der Waals surface area contributed by atoms with Crippen LogP contribution in [-0.4, -0.2) is 48.7 Å². The van der Waals surface area contributed by atoms with Gasteiger partial charge in [-0.05, 0) is 26.2 Å². The lowest BCUT2D eigenvalue weighted by Crippen LogP contribution is -2.36. The van der Waals surface area contributed by atoms with Crippen molar-refractivity contribution in [1.29, 1.82) is 0 Å². The molecular formula is C17H22N4O2S2. The normalized spacial score (nSPS) is 16.9. The zero-order valence-electron chi connectivity index (χ0n) is 14.3. The molecule has 0 atom stereocenters. The fraction of sp³-hybridized carbons (Fsp3) is 0.588. The predicted octanol–water partition coefficient (Wildman–Crippen LogP) is 2.21. The van der Waals surface area contributed by atoms with E-state index in [9.17, 15) is 4.79 Å². The Morgan fingerprint density at radius 3 is 2.88 bits per heavy atom. The Labute approximate surface area is 155 Å². The molecule has 1 fully saturated rings. The standard InChI is InChI=1S/C17H22N4O2S2/c1-11-15(25-17(19-11)21-7-9-23-10-8-21)16(22)18-6-5-14-20-12-3-2-4-13(12)24-14/h2-10H2,1H3,(H,18,22). The van der Waals surface area contributed by atoms with E-state index in [1.807, 2.05) is 6.92 Å².